The second-order valence-electron chi connectivity index (χ2n) is 6.43. The topological polar surface area (TPSA) is 37.3 Å². The summed E-state index contributed by atoms with van der Waals surface area (Å²) in [5, 5.41) is 8.83. The number of carbonyl (C=O) groups is 1. The molecule has 0 heterocycles. The van der Waals surface area contributed by atoms with E-state index in [0.29, 0.717) is 0 Å². The van der Waals surface area contributed by atoms with Crippen LogP contribution in [-0.4, -0.2) is 11.1 Å². The molecule has 0 aromatic heterocycles. The van der Waals surface area contributed by atoms with E-state index in [9.17, 15) is 4.79 Å². The standard InChI is InChI=1S/C26H28O2/c1-4-10-22(11-5-2)26(24(6-3)21-12-8-7-9-13-21)23-17-14-20(15-18-23)16-19-25(27)28/h4,7-19H,5-6H2,1-3H3,(H,27,28)/b10-4-,19-16+,22-11+,26-24-. The summed E-state index contributed by atoms with van der Waals surface area (Å²) in [6.07, 6.45) is 11.1. The van der Waals surface area contributed by atoms with Crippen molar-refractivity contribution in [3.8, 4) is 0 Å². The highest BCUT2D eigenvalue weighted by Gasteiger charge is 2.13. The lowest BCUT2D eigenvalue weighted by molar-refractivity contribution is -0.131. The van der Waals surface area contributed by atoms with Gasteiger partial charge in [-0.05, 0) is 59.3 Å². The van der Waals surface area contributed by atoms with Crippen LogP contribution < -0.4 is 0 Å². The van der Waals surface area contributed by atoms with E-state index in [0.717, 1.165) is 30.0 Å². The first-order chi connectivity index (χ1) is 13.6. The number of rotatable bonds is 8. The predicted octanol–water partition coefficient (Wildman–Crippen LogP) is 7.02. The Balaban J connectivity index is 2.66. The third-order valence-corrected chi connectivity index (χ3v) is 4.45. The van der Waals surface area contributed by atoms with Crippen LogP contribution in [-0.2, 0) is 4.79 Å². The van der Waals surface area contributed by atoms with Crippen molar-refractivity contribution in [1.29, 1.82) is 0 Å². The Bertz CT molecular complexity index is 895. The highest BCUT2D eigenvalue weighted by molar-refractivity contribution is 5.99. The molecule has 0 aliphatic carbocycles. The molecule has 0 spiro atoms. The maximum atomic E-state index is 10.8. The van der Waals surface area contributed by atoms with Crippen LogP contribution in [0.15, 0.2) is 84.5 Å². The van der Waals surface area contributed by atoms with Crippen molar-refractivity contribution in [2.45, 2.75) is 33.6 Å². The largest absolute Gasteiger partial charge is 0.478 e. The van der Waals surface area contributed by atoms with Gasteiger partial charge in [0.2, 0.25) is 0 Å². The Morgan fingerprint density at radius 2 is 1.61 bits per heavy atom. The Morgan fingerprint density at radius 3 is 2.14 bits per heavy atom. The van der Waals surface area contributed by atoms with Crippen molar-refractivity contribution in [3.63, 3.8) is 0 Å². The van der Waals surface area contributed by atoms with Crippen LogP contribution in [0.2, 0.25) is 0 Å². The van der Waals surface area contributed by atoms with E-state index in [1.807, 2.05) is 25.1 Å². The van der Waals surface area contributed by atoms with Crippen LogP contribution in [0.25, 0.3) is 17.2 Å². The molecule has 2 aromatic rings. The molecule has 0 atom stereocenters. The normalized spacial score (nSPS) is 13.2. The fraction of sp³-hybridized carbons (Fsp3) is 0.192. The molecule has 1 N–H and O–H groups in total. The van der Waals surface area contributed by atoms with Gasteiger partial charge in [0.1, 0.15) is 0 Å². The zero-order valence-electron chi connectivity index (χ0n) is 16.9. The van der Waals surface area contributed by atoms with E-state index in [1.54, 1.807) is 6.08 Å². The summed E-state index contributed by atoms with van der Waals surface area (Å²) in [7, 11) is 0. The van der Waals surface area contributed by atoms with Gasteiger partial charge in [-0.25, -0.2) is 4.79 Å². The molecular formula is C26H28O2. The molecule has 0 bridgehead atoms. The summed E-state index contributed by atoms with van der Waals surface area (Å²) in [6.45, 7) is 6.37. The summed E-state index contributed by atoms with van der Waals surface area (Å²) in [5.74, 6) is -0.941. The van der Waals surface area contributed by atoms with Crippen molar-refractivity contribution in [2.24, 2.45) is 0 Å². The van der Waals surface area contributed by atoms with E-state index in [2.05, 4.69) is 68.5 Å². The minimum Gasteiger partial charge on any atom is -0.478 e. The number of carboxylic acids is 1. The Kier molecular flexibility index (Phi) is 8.23. The molecule has 2 nitrogen and oxygen atoms in total. The van der Waals surface area contributed by atoms with Crippen molar-refractivity contribution in [3.05, 3.63) is 101 Å². The average Bonchev–Trinajstić information content (AvgIpc) is 2.71. The smallest absolute Gasteiger partial charge is 0.328 e. The molecule has 0 saturated heterocycles. The summed E-state index contributed by atoms with van der Waals surface area (Å²) in [5.41, 5.74) is 6.96. The van der Waals surface area contributed by atoms with Crippen molar-refractivity contribution in [2.75, 3.05) is 0 Å². The van der Waals surface area contributed by atoms with Crippen LogP contribution >= 0.6 is 0 Å². The van der Waals surface area contributed by atoms with Gasteiger partial charge in [0.25, 0.3) is 0 Å². The molecule has 0 amide bonds. The number of hydrogen-bond acceptors (Lipinski definition) is 1. The fourth-order valence-electron chi connectivity index (χ4n) is 3.26. The quantitative estimate of drug-likeness (QED) is 0.307. The van der Waals surface area contributed by atoms with Gasteiger partial charge >= 0.3 is 5.97 Å². The molecule has 2 rings (SSSR count). The molecule has 0 fully saturated rings. The lowest BCUT2D eigenvalue weighted by Gasteiger charge is -2.17. The minimum atomic E-state index is -0.941. The van der Waals surface area contributed by atoms with Crippen LogP contribution in [0.4, 0.5) is 0 Å². The summed E-state index contributed by atoms with van der Waals surface area (Å²) < 4.78 is 0. The highest BCUT2D eigenvalue weighted by atomic mass is 16.4. The number of carboxylic acid groups (broad SMARTS) is 1. The zero-order chi connectivity index (χ0) is 20.4. The second-order valence-corrected chi connectivity index (χ2v) is 6.43. The monoisotopic (exact) mass is 372 g/mol. The van der Waals surface area contributed by atoms with Gasteiger partial charge in [-0.1, -0.05) is 86.7 Å². The van der Waals surface area contributed by atoms with E-state index in [-0.39, 0.29) is 0 Å². The lowest BCUT2D eigenvalue weighted by atomic mass is 9.87. The second kappa shape index (κ2) is 10.9. The van der Waals surface area contributed by atoms with Crippen molar-refractivity contribution < 1.29 is 9.90 Å². The van der Waals surface area contributed by atoms with E-state index < -0.39 is 5.97 Å². The van der Waals surface area contributed by atoms with Gasteiger partial charge < -0.3 is 5.11 Å². The number of aliphatic carboxylic acids is 1. The van der Waals surface area contributed by atoms with Crippen LogP contribution in [0.1, 0.15) is 50.3 Å². The molecule has 144 valence electrons. The predicted molar refractivity (Wildman–Crippen MR) is 120 cm³/mol. The van der Waals surface area contributed by atoms with Gasteiger partial charge in [-0.15, -0.1) is 0 Å². The van der Waals surface area contributed by atoms with Crippen molar-refractivity contribution >= 4 is 23.2 Å². The van der Waals surface area contributed by atoms with E-state index in [1.165, 1.54) is 22.3 Å². The van der Waals surface area contributed by atoms with Gasteiger partial charge in [0.05, 0.1) is 0 Å². The first-order valence-electron chi connectivity index (χ1n) is 9.73. The number of benzene rings is 2. The average molecular weight is 373 g/mol. The molecular weight excluding hydrogens is 344 g/mol. The van der Waals surface area contributed by atoms with Gasteiger partial charge in [0, 0.05) is 6.08 Å². The van der Waals surface area contributed by atoms with E-state index >= 15 is 0 Å². The van der Waals surface area contributed by atoms with Crippen LogP contribution in [0, 0.1) is 0 Å². The molecule has 2 aromatic carbocycles. The zero-order valence-corrected chi connectivity index (χ0v) is 16.9. The van der Waals surface area contributed by atoms with Crippen LogP contribution in [0.5, 0.6) is 0 Å². The SMILES string of the molecule is C\C=C/C(=C\CC)C(=C(\CC)c1ccccc1)/c1ccc(/C=C/C(=O)O)cc1. The third kappa shape index (κ3) is 5.68. The summed E-state index contributed by atoms with van der Waals surface area (Å²) in [4.78, 5) is 10.8. The maximum Gasteiger partial charge on any atom is 0.328 e. The molecule has 2 heteroatoms. The number of allylic oxidation sites excluding steroid dienone is 6. The maximum absolute atomic E-state index is 10.8. The Morgan fingerprint density at radius 1 is 0.929 bits per heavy atom. The Labute approximate surface area is 168 Å². The van der Waals surface area contributed by atoms with Crippen molar-refractivity contribution in [1.82, 2.24) is 0 Å². The first kappa shape index (κ1) is 21.2. The Hall–Kier alpha value is -3.13. The molecule has 0 aliphatic heterocycles. The van der Waals surface area contributed by atoms with Crippen LogP contribution in [0.3, 0.4) is 0 Å². The fourth-order valence-corrected chi connectivity index (χ4v) is 3.26. The molecule has 0 saturated carbocycles. The molecule has 0 radical (unpaired) electrons. The third-order valence-electron chi connectivity index (χ3n) is 4.45. The van der Waals surface area contributed by atoms with Gasteiger partial charge in [-0.2, -0.15) is 0 Å². The minimum absolute atomic E-state index is 0.871. The molecule has 28 heavy (non-hydrogen) atoms. The first-order valence-corrected chi connectivity index (χ1v) is 9.73. The number of hydrogen-bond donors (Lipinski definition) is 1. The van der Waals surface area contributed by atoms with Gasteiger partial charge in [0.15, 0.2) is 0 Å². The molecule has 0 aliphatic rings. The van der Waals surface area contributed by atoms with E-state index in [4.69, 9.17) is 5.11 Å². The summed E-state index contributed by atoms with van der Waals surface area (Å²) >= 11 is 0. The highest BCUT2D eigenvalue weighted by Crippen LogP contribution is 2.35. The lowest BCUT2D eigenvalue weighted by Crippen LogP contribution is -1.96. The summed E-state index contributed by atoms with van der Waals surface area (Å²) in [6, 6.07) is 18.6. The molecule has 0 unspecified atom stereocenters. The van der Waals surface area contributed by atoms with Gasteiger partial charge in [-0.3, -0.25) is 0 Å².